The number of oxazole rings is 1. The summed E-state index contributed by atoms with van der Waals surface area (Å²) < 4.78 is 16.6. The number of ether oxygens (including phenoxy) is 2. The highest BCUT2D eigenvalue weighted by Gasteiger charge is 2.22. The van der Waals surface area contributed by atoms with Gasteiger partial charge in [-0.05, 0) is 42.0 Å². The fourth-order valence-electron chi connectivity index (χ4n) is 4.46. The molecule has 0 spiro atoms. The molecule has 1 aromatic heterocycles. The summed E-state index contributed by atoms with van der Waals surface area (Å²) in [5, 5.41) is 6.50. The van der Waals surface area contributed by atoms with Crippen molar-refractivity contribution in [2.75, 3.05) is 25.6 Å². The van der Waals surface area contributed by atoms with Gasteiger partial charge in [0.25, 0.3) is 0 Å². The fourth-order valence-corrected chi connectivity index (χ4v) is 4.46. The molecule has 0 saturated carbocycles. The van der Waals surface area contributed by atoms with E-state index in [1.54, 1.807) is 30.3 Å². The monoisotopic (exact) mass is 549 g/mol. The molecule has 0 saturated heterocycles. The molecule has 5 aromatic rings. The van der Waals surface area contributed by atoms with Crippen LogP contribution in [0.25, 0.3) is 11.1 Å². The van der Waals surface area contributed by atoms with Gasteiger partial charge in [-0.25, -0.2) is 9.78 Å². The second-order valence-corrected chi connectivity index (χ2v) is 9.41. The van der Waals surface area contributed by atoms with Crippen LogP contribution in [-0.4, -0.2) is 43.0 Å². The molecule has 0 aliphatic carbocycles. The zero-order valence-corrected chi connectivity index (χ0v) is 22.7. The van der Waals surface area contributed by atoms with Crippen molar-refractivity contribution in [2.45, 2.75) is 19.0 Å². The van der Waals surface area contributed by atoms with Crippen molar-refractivity contribution in [2.24, 2.45) is 0 Å². The predicted octanol–water partition coefficient (Wildman–Crippen LogP) is 5.42. The van der Waals surface area contributed by atoms with E-state index in [0.717, 1.165) is 22.4 Å². The van der Waals surface area contributed by atoms with Gasteiger partial charge in [-0.2, -0.15) is 0 Å². The quantitative estimate of drug-likeness (QED) is 0.114. The van der Waals surface area contributed by atoms with Crippen molar-refractivity contribution in [3.63, 3.8) is 0 Å². The maximum Gasteiger partial charge on any atom is 0.328 e. The van der Waals surface area contributed by atoms with Crippen molar-refractivity contribution in [1.82, 2.24) is 10.3 Å². The van der Waals surface area contributed by atoms with Gasteiger partial charge in [0.2, 0.25) is 5.89 Å². The van der Waals surface area contributed by atoms with Crippen LogP contribution in [0, 0.1) is 0 Å². The molecule has 41 heavy (non-hydrogen) atoms. The highest BCUT2D eigenvalue weighted by molar-refractivity contribution is 6.12. The lowest BCUT2D eigenvalue weighted by molar-refractivity contribution is -0.141. The van der Waals surface area contributed by atoms with Crippen LogP contribution in [0.5, 0.6) is 5.75 Å². The molecule has 0 fully saturated rings. The number of hydrogen-bond acceptors (Lipinski definition) is 8. The summed E-state index contributed by atoms with van der Waals surface area (Å²) in [6.07, 6.45) is 0.368. The van der Waals surface area contributed by atoms with Gasteiger partial charge < -0.3 is 24.5 Å². The molecule has 4 aromatic carbocycles. The first-order chi connectivity index (χ1) is 20.1. The summed E-state index contributed by atoms with van der Waals surface area (Å²) in [4.78, 5) is 30.3. The van der Waals surface area contributed by atoms with Crippen LogP contribution >= 0.6 is 0 Å². The Morgan fingerprint density at radius 2 is 1.61 bits per heavy atom. The maximum atomic E-state index is 13.1. The van der Waals surface area contributed by atoms with Gasteiger partial charge >= 0.3 is 5.97 Å². The third kappa shape index (κ3) is 7.17. The van der Waals surface area contributed by atoms with Crippen LogP contribution < -0.4 is 15.4 Å². The number of ketones is 1. The number of esters is 1. The summed E-state index contributed by atoms with van der Waals surface area (Å²) in [6, 6.07) is 30.8. The molecule has 2 N–H and O–H groups in total. The number of carbonyl (C=O) groups is 2. The normalized spacial score (nSPS) is 11.6. The van der Waals surface area contributed by atoms with Gasteiger partial charge in [-0.1, -0.05) is 66.7 Å². The van der Waals surface area contributed by atoms with E-state index < -0.39 is 12.0 Å². The minimum atomic E-state index is -0.687. The zero-order valence-electron chi connectivity index (χ0n) is 22.7. The van der Waals surface area contributed by atoms with Crippen LogP contribution in [0.4, 0.5) is 5.69 Å². The van der Waals surface area contributed by atoms with E-state index in [1.165, 1.54) is 7.11 Å². The van der Waals surface area contributed by atoms with Crippen molar-refractivity contribution in [3.8, 4) is 5.75 Å². The largest absolute Gasteiger partial charge is 0.492 e. The molecule has 0 unspecified atom stereocenters. The number of hydrogen-bond donors (Lipinski definition) is 2. The lowest BCUT2D eigenvalue weighted by Crippen LogP contribution is -2.33. The molecule has 1 heterocycles. The van der Waals surface area contributed by atoms with E-state index in [0.29, 0.717) is 48.8 Å². The minimum absolute atomic E-state index is 0.123. The first kappa shape index (κ1) is 27.6. The van der Waals surface area contributed by atoms with Crippen LogP contribution in [0.1, 0.15) is 27.4 Å². The van der Waals surface area contributed by atoms with Gasteiger partial charge in [-0.15, -0.1) is 0 Å². The Hall–Kier alpha value is -4.95. The van der Waals surface area contributed by atoms with Gasteiger partial charge in [0.15, 0.2) is 11.4 Å². The molecule has 0 aliphatic rings. The van der Waals surface area contributed by atoms with Crippen molar-refractivity contribution >= 4 is 28.5 Å². The van der Waals surface area contributed by atoms with Crippen molar-refractivity contribution in [1.29, 1.82) is 0 Å². The molecule has 0 aliphatic heterocycles. The molecule has 8 heteroatoms. The van der Waals surface area contributed by atoms with E-state index in [4.69, 9.17) is 13.9 Å². The zero-order chi connectivity index (χ0) is 28.4. The molecule has 8 nitrogen and oxygen atoms in total. The van der Waals surface area contributed by atoms with E-state index in [9.17, 15) is 9.59 Å². The number of fused-ring (bicyclic) bond motifs is 1. The number of methoxy groups -OCH3 is 1. The molecule has 1 atom stereocenters. The van der Waals surface area contributed by atoms with Crippen LogP contribution in [-0.2, 0) is 22.5 Å². The molecular weight excluding hydrogens is 518 g/mol. The Kier molecular flexibility index (Phi) is 9.03. The first-order valence-corrected chi connectivity index (χ1v) is 13.4. The number of para-hydroxylation sites is 3. The second kappa shape index (κ2) is 13.4. The van der Waals surface area contributed by atoms with E-state index in [-0.39, 0.29) is 5.78 Å². The summed E-state index contributed by atoms with van der Waals surface area (Å²) in [5.41, 5.74) is 4.17. The smallest absolute Gasteiger partial charge is 0.328 e. The van der Waals surface area contributed by atoms with Crippen LogP contribution in [0.15, 0.2) is 108 Å². The summed E-state index contributed by atoms with van der Waals surface area (Å²) in [5.74, 6) is 0.814. The maximum absolute atomic E-state index is 13.1. The Morgan fingerprint density at radius 3 is 2.39 bits per heavy atom. The SMILES string of the molecule is COC(=O)[C@H](Cc1ccc(OCCNCc2nc3ccccc3o2)cc1)Nc1ccccc1C(=O)c1ccccc1. The van der Waals surface area contributed by atoms with Gasteiger partial charge in [0.1, 0.15) is 23.9 Å². The third-order valence-electron chi connectivity index (χ3n) is 6.55. The number of aromatic nitrogens is 1. The van der Waals surface area contributed by atoms with Gasteiger partial charge in [0.05, 0.1) is 13.7 Å². The fraction of sp³-hybridized carbons (Fsp3) is 0.182. The van der Waals surface area contributed by atoms with Crippen molar-refractivity contribution < 1.29 is 23.5 Å². The van der Waals surface area contributed by atoms with Crippen molar-refractivity contribution in [3.05, 3.63) is 126 Å². The van der Waals surface area contributed by atoms with E-state index in [2.05, 4.69) is 15.6 Å². The Bertz CT molecular complexity index is 1570. The highest BCUT2D eigenvalue weighted by atomic mass is 16.5. The predicted molar refractivity (Wildman–Crippen MR) is 157 cm³/mol. The molecular formula is C33H31N3O5. The van der Waals surface area contributed by atoms with Gasteiger partial charge in [-0.3, -0.25) is 4.79 Å². The van der Waals surface area contributed by atoms with E-state index >= 15 is 0 Å². The van der Waals surface area contributed by atoms with E-state index in [1.807, 2.05) is 72.8 Å². The number of nitrogens with zero attached hydrogens (tertiary/aromatic N) is 1. The molecule has 0 bridgehead atoms. The average Bonchev–Trinajstić information content (AvgIpc) is 3.44. The number of carbonyl (C=O) groups excluding carboxylic acids is 2. The Morgan fingerprint density at radius 1 is 0.878 bits per heavy atom. The van der Waals surface area contributed by atoms with Gasteiger partial charge in [0, 0.05) is 29.8 Å². The molecule has 0 amide bonds. The third-order valence-corrected chi connectivity index (χ3v) is 6.55. The summed E-state index contributed by atoms with van der Waals surface area (Å²) in [6.45, 7) is 1.60. The topological polar surface area (TPSA) is 103 Å². The first-order valence-electron chi connectivity index (χ1n) is 13.4. The molecule has 0 radical (unpaired) electrons. The number of nitrogens with one attached hydrogen (secondary N) is 2. The summed E-state index contributed by atoms with van der Waals surface area (Å²) >= 11 is 0. The lowest BCUT2D eigenvalue weighted by Gasteiger charge is -2.20. The average molecular weight is 550 g/mol. The van der Waals surface area contributed by atoms with Crippen LogP contribution in [0.3, 0.4) is 0 Å². The number of rotatable bonds is 13. The summed E-state index contributed by atoms with van der Waals surface area (Å²) in [7, 11) is 1.35. The highest BCUT2D eigenvalue weighted by Crippen LogP contribution is 2.22. The number of anilines is 1. The molecule has 5 rings (SSSR count). The number of benzene rings is 4. The lowest BCUT2D eigenvalue weighted by atomic mass is 10.00. The second-order valence-electron chi connectivity index (χ2n) is 9.41. The van der Waals surface area contributed by atoms with Crippen LogP contribution in [0.2, 0.25) is 0 Å². The standard InChI is InChI=1S/C33H31N3O5/c1-39-33(38)29(35-27-12-6-5-11-26(27)32(37)24-9-3-2-4-10-24)21-23-15-17-25(18-16-23)40-20-19-34-22-31-36-28-13-7-8-14-30(28)41-31/h2-18,29,34-35H,19-22H2,1H3/t29-/m0/s1. The Balaban J connectivity index is 1.15. The Labute approximate surface area is 238 Å². The minimum Gasteiger partial charge on any atom is -0.492 e. The molecule has 208 valence electrons.